The van der Waals surface area contributed by atoms with Gasteiger partial charge in [-0.25, -0.2) is 0 Å². The summed E-state index contributed by atoms with van der Waals surface area (Å²) in [6, 6.07) is 16.6. The summed E-state index contributed by atoms with van der Waals surface area (Å²) in [5, 5.41) is 0. The minimum Gasteiger partial charge on any atom is -0.496 e. The normalized spacial score (nSPS) is 18.9. The van der Waals surface area contributed by atoms with Crippen LogP contribution in [-0.2, 0) is 0 Å². The van der Waals surface area contributed by atoms with Crippen LogP contribution in [0, 0.1) is 0 Å². The number of fused-ring (bicyclic) bond motifs is 1. The van der Waals surface area contributed by atoms with Crippen LogP contribution < -0.4 is 10.5 Å². The van der Waals surface area contributed by atoms with Crippen molar-refractivity contribution >= 4 is 11.8 Å². The Labute approximate surface area is 118 Å². The Hall–Kier alpha value is -1.45. The molecule has 3 rings (SSSR count). The van der Waals surface area contributed by atoms with E-state index < -0.39 is 0 Å². The molecule has 2 nitrogen and oxygen atoms in total. The predicted molar refractivity (Wildman–Crippen MR) is 79.8 cm³/mol. The molecule has 0 radical (unpaired) electrons. The van der Waals surface area contributed by atoms with Crippen molar-refractivity contribution in [3.63, 3.8) is 0 Å². The first-order valence-electron chi connectivity index (χ1n) is 6.41. The average Bonchev–Trinajstić information content (AvgIpc) is 2.90. The molecule has 0 aliphatic carbocycles. The van der Waals surface area contributed by atoms with Gasteiger partial charge >= 0.3 is 0 Å². The zero-order chi connectivity index (χ0) is 13.2. The third kappa shape index (κ3) is 2.24. The number of hydrogen-bond acceptors (Lipinski definition) is 3. The number of benzene rings is 2. The molecule has 0 saturated carbocycles. The molecule has 1 heterocycles. The largest absolute Gasteiger partial charge is 0.496 e. The molecule has 1 aliphatic heterocycles. The molecule has 0 bridgehead atoms. The molecule has 0 spiro atoms. The summed E-state index contributed by atoms with van der Waals surface area (Å²) in [6.07, 6.45) is 0. The second kappa shape index (κ2) is 5.27. The van der Waals surface area contributed by atoms with Gasteiger partial charge in [0, 0.05) is 28.2 Å². The van der Waals surface area contributed by atoms with Crippen LogP contribution in [0.2, 0.25) is 0 Å². The van der Waals surface area contributed by atoms with E-state index in [1.54, 1.807) is 7.11 Å². The van der Waals surface area contributed by atoms with Crippen molar-refractivity contribution in [2.24, 2.45) is 5.73 Å². The fraction of sp³-hybridized carbons (Fsp3) is 0.250. The van der Waals surface area contributed by atoms with E-state index in [-0.39, 0.29) is 6.04 Å². The second-order valence-electron chi connectivity index (χ2n) is 4.72. The number of hydrogen-bond donors (Lipinski definition) is 1. The summed E-state index contributed by atoms with van der Waals surface area (Å²) in [7, 11) is 1.70. The quantitative estimate of drug-likeness (QED) is 0.926. The van der Waals surface area contributed by atoms with E-state index in [0.717, 1.165) is 17.1 Å². The molecule has 0 saturated heterocycles. The lowest BCUT2D eigenvalue weighted by molar-refractivity contribution is 0.402. The first-order valence-corrected chi connectivity index (χ1v) is 7.40. The topological polar surface area (TPSA) is 35.2 Å². The average molecular weight is 271 g/mol. The predicted octanol–water partition coefficient (Wildman–Crippen LogP) is 3.58. The second-order valence-corrected chi connectivity index (χ2v) is 5.78. The maximum Gasteiger partial charge on any atom is 0.123 e. The van der Waals surface area contributed by atoms with Crippen molar-refractivity contribution in [3.05, 3.63) is 59.7 Å². The van der Waals surface area contributed by atoms with Gasteiger partial charge < -0.3 is 10.5 Å². The highest BCUT2D eigenvalue weighted by molar-refractivity contribution is 7.99. The monoisotopic (exact) mass is 271 g/mol. The Morgan fingerprint density at radius 3 is 2.74 bits per heavy atom. The minimum atomic E-state index is -0.0210. The minimum absolute atomic E-state index is 0.0210. The SMILES string of the molecule is COc1ccccc1C(N)C1CSc2ccccc21. The van der Waals surface area contributed by atoms with E-state index in [4.69, 9.17) is 10.5 Å². The van der Waals surface area contributed by atoms with Crippen molar-refractivity contribution in [1.82, 2.24) is 0 Å². The maximum atomic E-state index is 6.50. The van der Waals surface area contributed by atoms with Crippen molar-refractivity contribution in [2.75, 3.05) is 12.9 Å². The highest BCUT2D eigenvalue weighted by atomic mass is 32.2. The Morgan fingerprint density at radius 1 is 1.16 bits per heavy atom. The summed E-state index contributed by atoms with van der Waals surface area (Å²) < 4.78 is 5.43. The number of rotatable bonds is 3. The van der Waals surface area contributed by atoms with Gasteiger partial charge in [-0.05, 0) is 17.7 Å². The fourth-order valence-electron chi connectivity index (χ4n) is 2.64. The molecule has 2 unspecified atom stereocenters. The Balaban J connectivity index is 1.95. The zero-order valence-electron chi connectivity index (χ0n) is 10.9. The molecule has 19 heavy (non-hydrogen) atoms. The lowest BCUT2D eigenvalue weighted by atomic mass is 9.89. The van der Waals surface area contributed by atoms with Gasteiger partial charge in [-0.2, -0.15) is 0 Å². The van der Waals surface area contributed by atoms with E-state index in [2.05, 4.69) is 30.3 Å². The first-order chi connectivity index (χ1) is 9.31. The molecule has 2 N–H and O–H groups in total. The van der Waals surface area contributed by atoms with E-state index in [9.17, 15) is 0 Å². The highest BCUT2D eigenvalue weighted by Gasteiger charge is 2.30. The molecule has 0 fully saturated rings. The van der Waals surface area contributed by atoms with Gasteiger partial charge in [-0.1, -0.05) is 36.4 Å². The molecule has 2 atom stereocenters. The van der Waals surface area contributed by atoms with Crippen LogP contribution in [-0.4, -0.2) is 12.9 Å². The molecule has 0 amide bonds. The lowest BCUT2D eigenvalue weighted by Gasteiger charge is -2.22. The molecular formula is C16H17NOS. The van der Waals surface area contributed by atoms with Gasteiger partial charge in [-0.3, -0.25) is 0 Å². The van der Waals surface area contributed by atoms with Gasteiger partial charge in [-0.15, -0.1) is 11.8 Å². The van der Waals surface area contributed by atoms with E-state index in [1.165, 1.54) is 10.5 Å². The van der Waals surface area contributed by atoms with Crippen LogP contribution in [0.5, 0.6) is 5.75 Å². The summed E-state index contributed by atoms with van der Waals surface area (Å²) in [5.41, 5.74) is 8.95. The van der Waals surface area contributed by atoms with Gasteiger partial charge in [0.25, 0.3) is 0 Å². The number of nitrogens with two attached hydrogens (primary N) is 1. The molecule has 1 aliphatic rings. The summed E-state index contributed by atoms with van der Waals surface area (Å²) in [5.74, 6) is 2.28. The summed E-state index contributed by atoms with van der Waals surface area (Å²) in [6.45, 7) is 0. The van der Waals surface area contributed by atoms with Crippen LogP contribution in [0.4, 0.5) is 0 Å². The third-order valence-electron chi connectivity index (χ3n) is 3.67. The molecule has 2 aromatic carbocycles. The van der Waals surface area contributed by atoms with Crippen molar-refractivity contribution in [1.29, 1.82) is 0 Å². The molecule has 0 aromatic heterocycles. The van der Waals surface area contributed by atoms with Crippen LogP contribution in [0.25, 0.3) is 0 Å². The molecule has 2 aromatic rings. The Morgan fingerprint density at radius 2 is 1.89 bits per heavy atom. The number of methoxy groups -OCH3 is 1. The first kappa shape index (κ1) is 12.6. The van der Waals surface area contributed by atoms with Crippen LogP contribution in [0.15, 0.2) is 53.4 Å². The number of para-hydroxylation sites is 1. The van der Waals surface area contributed by atoms with Gasteiger partial charge in [0.1, 0.15) is 5.75 Å². The van der Waals surface area contributed by atoms with Gasteiger partial charge in [0.05, 0.1) is 7.11 Å². The molecular weight excluding hydrogens is 254 g/mol. The smallest absolute Gasteiger partial charge is 0.123 e. The van der Waals surface area contributed by atoms with Crippen LogP contribution in [0.3, 0.4) is 0 Å². The van der Waals surface area contributed by atoms with Gasteiger partial charge in [0.2, 0.25) is 0 Å². The third-order valence-corrected chi connectivity index (χ3v) is 4.88. The summed E-state index contributed by atoms with van der Waals surface area (Å²) >= 11 is 1.89. The molecule has 98 valence electrons. The number of ether oxygens (including phenoxy) is 1. The highest BCUT2D eigenvalue weighted by Crippen LogP contribution is 2.45. The summed E-state index contributed by atoms with van der Waals surface area (Å²) in [4.78, 5) is 1.36. The maximum absolute atomic E-state index is 6.50. The van der Waals surface area contributed by atoms with Crippen molar-refractivity contribution < 1.29 is 4.74 Å². The number of thioether (sulfide) groups is 1. The fourth-order valence-corrected chi connectivity index (χ4v) is 3.95. The lowest BCUT2D eigenvalue weighted by Crippen LogP contribution is -2.20. The Kier molecular flexibility index (Phi) is 3.49. The molecule has 3 heteroatoms. The van der Waals surface area contributed by atoms with Crippen LogP contribution >= 0.6 is 11.8 Å². The van der Waals surface area contributed by atoms with Gasteiger partial charge in [0.15, 0.2) is 0 Å². The van der Waals surface area contributed by atoms with Crippen LogP contribution in [0.1, 0.15) is 23.1 Å². The Bertz CT molecular complexity index is 584. The zero-order valence-corrected chi connectivity index (χ0v) is 11.7. The van der Waals surface area contributed by atoms with Crippen molar-refractivity contribution in [2.45, 2.75) is 16.9 Å². The van der Waals surface area contributed by atoms with E-state index >= 15 is 0 Å². The van der Waals surface area contributed by atoms with E-state index in [1.807, 2.05) is 30.0 Å². The van der Waals surface area contributed by atoms with Crippen molar-refractivity contribution in [3.8, 4) is 5.75 Å². The standard InChI is InChI=1S/C16H17NOS/c1-18-14-8-4-2-7-12(14)16(17)13-10-19-15-9-5-3-6-11(13)15/h2-9,13,16H,10,17H2,1H3. The van der Waals surface area contributed by atoms with E-state index in [0.29, 0.717) is 5.92 Å².